The van der Waals surface area contributed by atoms with E-state index >= 15 is 0 Å². The van der Waals surface area contributed by atoms with Crippen LogP contribution >= 0.6 is 0 Å². The lowest BCUT2D eigenvalue weighted by Crippen LogP contribution is -2.30. The van der Waals surface area contributed by atoms with E-state index in [1.165, 1.54) is 5.56 Å². The Balaban J connectivity index is 1.89. The van der Waals surface area contributed by atoms with Crippen LogP contribution in [0.25, 0.3) is 0 Å². The minimum absolute atomic E-state index is 0.191. The molecule has 140 valence electrons. The summed E-state index contributed by atoms with van der Waals surface area (Å²) in [5.41, 5.74) is 1.94. The molecule has 0 aliphatic carbocycles. The summed E-state index contributed by atoms with van der Waals surface area (Å²) in [5, 5.41) is 2.88. The Kier molecular flexibility index (Phi) is 7.52. The van der Waals surface area contributed by atoms with Crippen LogP contribution in [0, 0.1) is 5.92 Å². The first-order valence-electron chi connectivity index (χ1n) is 9.27. The van der Waals surface area contributed by atoms with Crippen molar-refractivity contribution in [1.29, 1.82) is 0 Å². The number of amides is 1. The molecular weight excluding hydrogens is 326 g/mol. The number of anilines is 1. The Morgan fingerprint density at radius 2 is 1.77 bits per heavy atom. The molecule has 0 spiro atoms. The Morgan fingerprint density at radius 1 is 1.04 bits per heavy atom. The Labute approximate surface area is 156 Å². The third-order valence-corrected chi connectivity index (χ3v) is 4.08. The first-order chi connectivity index (χ1) is 12.5. The van der Waals surface area contributed by atoms with E-state index in [2.05, 4.69) is 26.1 Å². The van der Waals surface area contributed by atoms with Crippen LogP contribution in [0.15, 0.2) is 48.5 Å². The summed E-state index contributed by atoms with van der Waals surface area (Å²) in [4.78, 5) is 12.4. The number of carbonyl (C=O) groups is 1. The van der Waals surface area contributed by atoms with Gasteiger partial charge in [-0.2, -0.15) is 0 Å². The van der Waals surface area contributed by atoms with E-state index in [9.17, 15) is 4.79 Å². The van der Waals surface area contributed by atoms with Crippen molar-refractivity contribution in [2.75, 3.05) is 11.9 Å². The molecule has 0 fully saturated rings. The third-order valence-electron chi connectivity index (χ3n) is 4.08. The highest BCUT2D eigenvalue weighted by Gasteiger charge is 2.15. The first-order valence-corrected chi connectivity index (χ1v) is 9.27. The summed E-state index contributed by atoms with van der Waals surface area (Å²) < 4.78 is 11.5. The molecule has 0 radical (unpaired) electrons. The monoisotopic (exact) mass is 355 g/mol. The molecule has 1 N–H and O–H groups in total. The van der Waals surface area contributed by atoms with E-state index in [1.54, 1.807) is 6.92 Å². The summed E-state index contributed by atoms with van der Waals surface area (Å²) in [7, 11) is 0. The van der Waals surface area contributed by atoms with Gasteiger partial charge in [-0.05, 0) is 55.5 Å². The zero-order valence-corrected chi connectivity index (χ0v) is 16.1. The van der Waals surface area contributed by atoms with E-state index in [1.807, 2.05) is 48.5 Å². The molecule has 0 saturated heterocycles. The minimum atomic E-state index is -0.590. The fourth-order valence-corrected chi connectivity index (χ4v) is 2.38. The largest absolute Gasteiger partial charge is 0.494 e. The van der Waals surface area contributed by atoms with Gasteiger partial charge >= 0.3 is 0 Å². The molecular formula is C22H29NO3. The molecule has 0 aliphatic rings. The number of benzene rings is 2. The highest BCUT2D eigenvalue weighted by Crippen LogP contribution is 2.19. The second-order valence-corrected chi connectivity index (χ2v) is 6.81. The average Bonchev–Trinajstić information content (AvgIpc) is 2.62. The SMILES string of the molecule is CCc1ccc(OC(C)C(=O)Nc2cccc(OCCC(C)C)c2)cc1. The van der Waals surface area contributed by atoms with Crippen molar-refractivity contribution in [2.45, 2.75) is 46.6 Å². The van der Waals surface area contributed by atoms with Gasteiger partial charge in [0, 0.05) is 11.8 Å². The number of hydrogen-bond donors (Lipinski definition) is 1. The molecule has 0 saturated carbocycles. The maximum atomic E-state index is 12.4. The van der Waals surface area contributed by atoms with Crippen molar-refractivity contribution in [1.82, 2.24) is 0 Å². The third kappa shape index (κ3) is 6.43. The normalized spacial score (nSPS) is 11.9. The fraction of sp³-hybridized carbons (Fsp3) is 0.409. The molecule has 0 aliphatic heterocycles. The van der Waals surface area contributed by atoms with Gasteiger partial charge in [-0.25, -0.2) is 0 Å². The zero-order chi connectivity index (χ0) is 18.9. The van der Waals surface area contributed by atoms with Crippen molar-refractivity contribution < 1.29 is 14.3 Å². The number of rotatable bonds is 9. The predicted molar refractivity (Wildman–Crippen MR) is 106 cm³/mol. The van der Waals surface area contributed by atoms with Crippen LogP contribution < -0.4 is 14.8 Å². The molecule has 0 bridgehead atoms. The summed E-state index contributed by atoms with van der Waals surface area (Å²) in [5.74, 6) is 1.86. The van der Waals surface area contributed by atoms with E-state index in [0.717, 1.165) is 18.6 Å². The van der Waals surface area contributed by atoms with Crippen LogP contribution in [0.4, 0.5) is 5.69 Å². The van der Waals surface area contributed by atoms with Gasteiger partial charge in [0.1, 0.15) is 11.5 Å². The van der Waals surface area contributed by atoms with Crippen molar-refractivity contribution >= 4 is 11.6 Å². The number of carbonyl (C=O) groups excluding carboxylic acids is 1. The van der Waals surface area contributed by atoms with Gasteiger partial charge in [0.05, 0.1) is 6.61 Å². The van der Waals surface area contributed by atoms with E-state index in [0.29, 0.717) is 24.0 Å². The Bertz CT molecular complexity index is 695. The first kappa shape index (κ1) is 19.8. The maximum absolute atomic E-state index is 12.4. The summed E-state index contributed by atoms with van der Waals surface area (Å²) in [6.07, 6.45) is 1.39. The smallest absolute Gasteiger partial charge is 0.265 e. The number of nitrogens with one attached hydrogen (secondary N) is 1. The second kappa shape index (κ2) is 9.85. The summed E-state index contributed by atoms with van der Waals surface area (Å²) in [6.45, 7) is 8.84. The van der Waals surface area contributed by atoms with Crippen LogP contribution in [0.3, 0.4) is 0 Å². The number of aryl methyl sites for hydroxylation is 1. The van der Waals surface area contributed by atoms with Crippen LogP contribution in [-0.4, -0.2) is 18.6 Å². The zero-order valence-electron chi connectivity index (χ0n) is 16.1. The molecule has 1 unspecified atom stereocenters. The molecule has 4 heteroatoms. The lowest BCUT2D eigenvalue weighted by molar-refractivity contribution is -0.122. The summed E-state index contributed by atoms with van der Waals surface area (Å²) in [6, 6.07) is 15.3. The standard InChI is InChI=1S/C22H29NO3/c1-5-18-9-11-20(12-10-18)26-17(4)22(24)23-19-7-6-8-21(15-19)25-14-13-16(2)3/h6-12,15-17H,5,13-14H2,1-4H3,(H,23,24). The molecule has 26 heavy (non-hydrogen) atoms. The lowest BCUT2D eigenvalue weighted by atomic mass is 10.1. The van der Waals surface area contributed by atoms with Crippen molar-refractivity contribution in [2.24, 2.45) is 5.92 Å². The highest BCUT2D eigenvalue weighted by molar-refractivity contribution is 5.94. The van der Waals surface area contributed by atoms with Gasteiger partial charge in [0.2, 0.25) is 0 Å². The molecule has 4 nitrogen and oxygen atoms in total. The van der Waals surface area contributed by atoms with Crippen LogP contribution in [-0.2, 0) is 11.2 Å². The molecule has 2 aromatic rings. The fourth-order valence-electron chi connectivity index (χ4n) is 2.38. The molecule has 1 amide bonds. The molecule has 2 aromatic carbocycles. The van der Waals surface area contributed by atoms with Gasteiger partial charge in [-0.15, -0.1) is 0 Å². The predicted octanol–water partition coefficient (Wildman–Crippen LogP) is 5.08. The Morgan fingerprint density at radius 3 is 2.42 bits per heavy atom. The lowest BCUT2D eigenvalue weighted by Gasteiger charge is -2.15. The molecule has 1 atom stereocenters. The van der Waals surface area contributed by atoms with Gasteiger partial charge in [0.25, 0.3) is 5.91 Å². The van der Waals surface area contributed by atoms with E-state index in [4.69, 9.17) is 9.47 Å². The van der Waals surface area contributed by atoms with Crippen LogP contribution in [0.5, 0.6) is 11.5 Å². The maximum Gasteiger partial charge on any atom is 0.265 e. The van der Waals surface area contributed by atoms with Gasteiger partial charge in [-0.1, -0.05) is 39.0 Å². The van der Waals surface area contributed by atoms with Crippen LogP contribution in [0.1, 0.15) is 39.7 Å². The number of ether oxygens (including phenoxy) is 2. The van der Waals surface area contributed by atoms with Crippen LogP contribution in [0.2, 0.25) is 0 Å². The quantitative estimate of drug-likeness (QED) is 0.682. The Hall–Kier alpha value is -2.49. The van der Waals surface area contributed by atoms with E-state index < -0.39 is 6.10 Å². The minimum Gasteiger partial charge on any atom is -0.494 e. The molecule has 0 heterocycles. The molecule has 2 rings (SSSR count). The van der Waals surface area contributed by atoms with Gasteiger partial charge < -0.3 is 14.8 Å². The number of hydrogen-bond acceptors (Lipinski definition) is 3. The second-order valence-electron chi connectivity index (χ2n) is 6.81. The van der Waals surface area contributed by atoms with Gasteiger partial charge in [-0.3, -0.25) is 4.79 Å². The van der Waals surface area contributed by atoms with Crippen molar-refractivity contribution in [3.05, 3.63) is 54.1 Å². The summed E-state index contributed by atoms with van der Waals surface area (Å²) >= 11 is 0. The van der Waals surface area contributed by atoms with Crippen molar-refractivity contribution in [3.63, 3.8) is 0 Å². The van der Waals surface area contributed by atoms with E-state index in [-0.39, 0.29) is 5.91 Å². The van der Waals surface area contributed by atoms with Gasteiger partial charge in [0.15, 0.2) is 6.10 Å². The highest BCUT2D eigenvalue weighted by atomic mass is 16.5. The molecule has 0 aromatic heterocycles. The average molecular weight is 355 g/mol. The van der Waals surface area contributed by atoms with Crippen molar-refractivity contribution in [3.8, 4) is 11.5 Å². The topological polar surface area (TPSA) is 47.6 Å².